The van der Waals surface area contributed by atoms with Gasteiger partial charge in [0.25, 0.3) is 0 Å². The standard InChI is InChI=1S/C25H22Cl2N2O4S2/c1-2-32-24(31)21-16-6-3-4-9-19(16)35-23(21)29-25(34)28-20(30)13-11-14-10-12-18(33-14)15-7-5-8-17(26)22(15)27/h5,7-8,10-13H,2-4,6,9H2,1H3,(H2,28,29,30,34). The number of nitrogens with one attached hydrogen (secondary N) is 2. The summed E-state index contributed by atoms with van der Waals surface area (Å²) < 4.78 is 11.0. The summed E-state index contributed by atoms with van der Waals surface area (Å²) >= 11 is 19.1. The fraction of sp³-hybridized carbons (Fsp3) is 0.240. The van der Waals surface area contributed by atoms with Gasteiger partial charge in [-0.15, -0.1) is 11.3 Å². The number of thiophene rings is 1. The number of anilines is 1. The number of amides is 1. The van der Waals surface area contributed by atoms with Crippen LogP contribution in [0.4, 0.5) is 5.00 Å². The zero-order valence-corrected chi connectivity index (χ0v) is 21.9. The zero-order valence-electron chi connectivity index (χ0n) is 18.8. The lowest BCUT2D eigenvalue weighted by Gasteiger charge is -2.12. The molecule has 0 radical (unpaired) electrons. The van der Waals surface area contributed by atoms with Crippen LogP contribution in [0, 0.1) is 0 Å². The lowest BCUT2D eigenvalue weighted by molar-refractivity contribution is -0.115. The van der Waals surface area contributed by atoms with Crippen molar-refractivity contribution in [2.75, 3.05) is 11.9 Å². The number of carbonyl (C=O) groups excluding carboxylic acids is 2. The van der Waals surface area contributed by atoms with E-state index in [-0.39, 0.29) is 17.7 Å². The van der Waals surface area contributed by atoms with Gasteiger partial charge in [-0.2, -0.15) is 0 Å². The first-order valence-electron chi connectivity index (χ1n) is 11.0. The number of esters is 1. The summed E-state index contributed by atoms with van der Waals surface area (Å²) in [5.41, 5.74) is 2.19. The second kappa shape index (κ2) is 11.4. The van der Waals surface area contributed by atoms with Gasteiger partial charge in [0.2, 0.25) is 5.91 Å². The molecule has 182 valence electrons. The number of hydrogen-bond acceptors (Lipinski definition) is 6. The number of halogens is 2. The fourth-order valence-electron chi connectivity index (χ4n) is 3.80. The van der Waals surface area contributed by atoms with E-state index in [1.54, 1.807) is 37.3 Å². The average Bonchev–Trinajstić information content (AvgIpc) is 3.44. The second-order valence-electron chi connectivity index (χ2n) is 7.72. The summed E-state index contributed by atoms with van der Waals surface area (Å²) in [6.07, 6.45) is 6.69. The van der Waals surface area contributed by atoms with Gasteiger partial charge >= 0.3 is 5.97 Å². The predicted octanol–water partition coefficient (Wildman–Crippen LogP) is 6.90. The summed E-state index contributed by atoms with van der Waals surface area (Å²) in [6.45, 7) is 2.06. The second-order valence-corrected chi connectivity index (χ2v) is 10.0. The third kappa shape index (κ3) is 5.95. The molecule has 2 heterocycles. The van der Waals surface area contributed by atoms with Crippen LogP contribution in [0.15, 0.2) is 40.8 Å². The Bertz CT molecular complexity index is 1310. The third-order valence-corrected chi connectivity index (χ3v) is 7.59. The minimum atomic E-state index is -0.444. The van der Waals surface area contributed by atoms with Crippen LogP contribution in [0.3, 0.4) is 0 Å². The van der Waals surface area contributed by atoms with Crippen LogP contribution >= 0.6 is 46.8 Å². The Labute approximate surface area is 222 Å². The van der Waals surface area contributed by atoms with Gasteiger partial charge in [-0.05, 0) is 80.7 Å². The molecule has 2 N–H and O–H groups in total. The monoisotopic (exact) mass is 548 g/mol. The largest absolute Gasteiger partial charge is 0.462 e. The first-order chi connectivity index (χ1) is 16.9. The summed E-state index contributed by atoms with van der Waals surface area (Å²) in [6, 6.07) is 8.73. The van der Waals surface area contributed by atoms with E-state index in [2.05, 4.69) is 10.6 Å². The maximum absolute atomic E-state index is 12.6. The topological polar surface area (TPSA) is 80.6 Å². The Morgan fingerprint density at radius 1 is 1.20 bits per heavy atom. The molecule has 6 nitrogen and oxygen atoms in total. The molecule has 0 bridgehead atoms. The number of carbonyl (C=O) groups is 2. The van der Waals surface area contributed by atoms with Crippen LogP contribution < -0.4 is 10.6 Å². The number of hydrogen-bond donors (Lipinski definition) is 2. The van der Waals surface area contributed by atoms with E-state index < -0.39 is 5.91 Å². The van der Waals surface area contributed by atoms with E-state index in [0.717, 1.165) is 36.1 Å². The minimum Gasteiger partial charge on any atom is -0.462 e. The van der Waals surface area contributed by atoms with Crippen molar-refractivity contribution in [3.05, 3.63) is 68.2 Å². The van der Waals surface area contributed by atoms with E-state index in [1.807, 2.05) is 0 Å². The third-order valence-electron chi connectivity index (χ3n) is 5.36. The molecular formula is C25H22Cl2N2O4S2. The van der Waals surface area contributed by atoms with E-state index in [9.17, 15) is 9.59 Å². The summed E-state index contributed by atoms with van der Waals surface area (Å²) in [5, 5.41) is 7.12. The van der Waals surface area contributed by atoms with Crippen molar-refractivity contribution in [1.29, 1.82) is 0 Å². The van der Waals surface area contributed by atoms with Crippen LogP contribution in [0.1, 0.15) is 46.3 Å². The first-order valence-corrected chi connectivity index (χ1v) is 13.0. The molecule has 0 unspecified atom stereocenters. The Hall–Kier alpha value is -2.65. The van der Waals surface area contributed by atoms with Crippen molar-refractivity contribution in [2.45, 2.75) is 32.6 Å². The highest BCUT2D eigenvalue weighted by atomic mass is 35.5. The highest BCUT2D eigenvalue weighted by molar-refractivity contribution is 7.80. The smallest absolute Gasteiger partial charge is 0.341 e. The molecule has 0 spiro atoms. The zero-order chi connectivity index (χ0) is 24.9. The predicted molar refractivity (Wildman–Crippen MR) is 144 cm³/mol. The lowest BCUT2D eigenvalue weighted by Crippen LogP contribution is -2.33. The van der Waals surface area contributed by atoms with Crippen molar-refractivity contribution in [3.63, 3.8) is 0 Å². The van der Waals surface area contributed by atoms with Crippen LogP contribution in [0.2, 0.25) is 10.0 Å². The number of aryl methyl sites for hydroxylation is 1. The maximum Gasteiger partial charge on any atom is 0.341 e. The van der Waals surface area contributed by atoms with E-state index in [0.29, 0.717) is 37.7 Å². The van der Waals surface area contributed by atoms with Crippen LogP contribution in [-0.2, 0) is 22.4 Å². The van der Waals surface area contributed by atoms with Crippen molar-refractivity contribution in [3.8, 4) is 11.3 Å². The Morgan fingerprint density at radius 3 is 2.80 bits per heavy atom. The number of rotatable bonds is 6. The molecule has 0 aliphatic heterocycles. The molecule has 0 saturated heterocycles. The normalized spacial score (nSPS) is 12.9. The number of ether oxygens (including phenoxy) is 1. The fourth-order valence-corrected chi connectivity index (χ4v) is 5.74. The number of thiocarbonyl (C=S) groups is 1. The average molecular weight is 550 g/mol. The molecule has 10 heteroatoms. The van der Waals surface area contributed by atoms with Gasteiger partial charge in [0, 0.05) is 16.5 Å². The Kier molecular flexibility index (Phi) is 8.28. The first kappa shape index (κ1) is 25.4. The molecule has 0 saturated carbocycles. The van der Waals surface area contributed by atoms with Crippen LogP contribution in [-0.4, -0.2) is 23.6 Å². The molecule has 4 rings (SSSR count). The van der Waals surface area contributed by atoms with E-state index in [1.165, 1.54) is 23.5 Å². The molecule has 1 aliphatic rings. The quantitative estimate of drug-likeness (QED) is 0.198. The van der Waals surface area contributed by atoms with Gasteiger partial charge in [-0.25, -0.2) is 4.79 Å². The van der Waals surface area contributed by atoms with Gasteiger partial charge in [-0.3, -0.25) is 10.1 Å². The molecule has 2 aromatic heterocycles. The highest BCUT2D eigenvalue weighted by Crippen LogP contribution is 2.38. The maximum atomic E-state index is 12.6. The molecule has 1 aliphatic carbocycles. The molecule has 1 aromatic carbocycles. The minimum absolute atomic E-state index is 0.0923. The van der Waals surface area contributed by atoms with Crippen molar-refractivity contribution in [2.24, 2.45) is 0 Å². The van der Waals surface area contributed by atoms with Crippen LogP contribution in [0.5, 0.6) is 0 Å². The molecule has 35 heavy (non-hydrogen) atoms. The molecule has 0 fully saturated rings. The Balaban J connectivity index is 1.41. The lowest BCUT2D eigenvalue weighted by atomic mass is 9.95. The SMILES string of the molecule is CCOC(=O)c1c(NC(=S)NC(=O)C=Cc2ccc(-c3cccc(Cl)c3Cl)o2)sc2c1CCCC2. The summed E-state index contributed by atoms with van der Waals surface area (Å²) in [4.78, 5) is 26.2. The van der Waals surface area contributed by atoms with E-state index in [4.69, 9.17) is 44.6 Å². The van der Waals surface area contributed by atoms with Crippen molar-refractivity contribution < 1.29 is 18.7 Å². The van der Waals surface area contributed by atoms with Gasteiger partial charge in [0.15, 0.2) is 5.11 Å². The highest BCUT2D eigenvalue weighted by Gasteiger charge is 2.26. The van der Waals surface area contributed by atoms with Crippen LogP contribution in [0.25, 0.3) is 17.4 Å². The molecule has 0 atom stereocenters. The van der Waals surface area contributed by atoms with E-state index >= 15 is 0 Å². The summed E-state index contributed by atoms with van der Waals surface area (Å²) in [7, 11) is 0. The van der Waals surface area contributed by atoms with Crippen molar-refractivity contribution >= 4 is 74.8 Å². The van der Waals surface area contributed by atoms with Gasteiger partial charge in [0.05, 0.1) is 22.2 Å². The number of furan rings is 1. The van der Waals surface area contributed by atoms with Gasteiger partial charge < -0.3 is 14.5 Å². The Morgan fingerprint density at radius 2 is 2.00 bits per heavy atom. The summed E-state index contributed by atoms with van der Waals surface area (Å²) in [5.74, 6) is 0.167. The molecular weight excluding hydrogens is 527 g/mol. The molecule has 3 aromatic rings. The number of benzene rings is 1. The van der Waals surface area contributed by atoms with Gasteiger partial charge in [0.1, 0.15) is 16.5 Å². The number of fused-ring (bicyclic) bond motifs is 1. The molecule has 1 amide bonds. The van der Waals surface area contributed by atoms with Gasteiger partial charge in [-0.1, -0.05) is 29.3 Å². The van der Waals surface area contributed by atoms with Crippen molar-refractivity contribution in [1.82, 2.24) is 5.32 Å².